The minimum atomic E-state index is -0.932. The van der Waals surface area contributed by atoms with Crippen LogP contribution in [0.1, 0.15) is 65.2 Å². The smallest absolute Gasteiger partial charge is 0.550 e. The van der Waals surface area contributed by atoms with Gasteiger partial charge in [0.05, 0.1) is 0 Å². The molecule has 0 aromatic rings. The summed E-state index contributed by atoms with van der Waals surface area (Å²) in [5, 5.41) is 19.5. The largest absolute Gasteiger partial charge is 1.00 e. The summed E-state index contributed by atoms with van der Waals surface area (Å²) in [7, 11) is 0. The maximum absolute atomic E-state index is 9.76. The van der Waals surface area contributed by atoms with E-state index in [0.717, 1.165) is 38.5 Å². The van der Waals surface area contributed by atoms with Crippen LogP contribution in [0.5, 0.6) is 0 Å². The van der Waals surface area contributed by atoms with E-state index >= 15 is 0 Å². The molecule has 0 fully saturated rings. The third kappa shape index (κ3) is 36.0. The molecule has 0 heterocycles. The van der Waals surface area contributed by atoms with Crippen molar-refractivity contribution < 1.29 is 101 Å². The van der Waals surface area contributed by atoms with Crippen LogP contribution in [0.25, 0.3) is 0 Å². The van der Waals surface area contributed by atoms with E-state index in [4.69, 9.17) is 0 Å². The molecular weight excluding hydrogens is 270 g/mol. The summed E-state index contributed by atoms with van der Waals surface area (Å²) in [6.45, 7) is 4.07. The second-order valence-electron chi connectivity index (χ2n) is 3.66. The maximum atomic E-state index is 9.76. The average molecular weight is 292 g/mol. The van der Waals surface area contributed by atoms with E-state index in [9.17, 15) is 19.8 Å². The van der Waals surface area contributed by atoms with Crippen molar-refractivity contribution >= 4 is 11.9 Å². The number of hydrogen-bond acceptors (Lipinski definition) is 4. The normalized spacial score (nSPS) is 8.11. The summed E-state index contributed by atoms with van der Waals surface area (Å²) >= 11 is 0. The van der Waals surface area contributed by atoms with Crippen LogP contribution in [-0.2, 0) is 9.59 Å². The number of carboxylic acids is 2. The van der Waals surface area contributed by atoms with E-state index in [1.54, 1.807) is 0 Å². The van der Waals surface area contributed by atoms with E-state index in [1.807, 2.05) is 13.8 Å². The molecule has 4 nitrogen and oxygen atoms in total. The molecule has 0 amide bonds. The van der Waals surface area contributed by atoms with Crippen molar-refractivity contribution in [2.75, 3.05) is 0 Å². The molecule has 0 aliphatic heterocycles. The number of carboxylic acid groups (broad SMARTS) is 2. The zero-order chi connectivity index (χ0) is 12.8. The van der Waals surface area contributed by atoms with Crippen molar-refractivity contribution in [3.8, 4) is 0 Å². The first-order valence-corrected chi connectivity index (χ1v) is 5.94. The predicted molar refractivity (Wildman–Crippen MR) is 58.3 cm³/mol. The van der Waals surface area contributed by atoms with E-state index < -0.39 is 11.9 Å². The molecule has 0 aromatic carbocycles. The fraction of sp³-hybridized carbons (Fsp3) is 0.833. The summed E-state index contributed by atoms with van der Waals surface area (Å²) in [4.78, 5) is 19.5. The van der Waals surface area contributed by atoms with Crippen molar-refractivity contribution in [1.29, 1.82) is 0 Å². The summed E-state index contributed by atoms with van der Waals surface area (Å²) in [5.41, 5.74) is 0. The molecule has 0 aromatic heterocycles. The maximum Gasteiger partial charge on any atom is 1.00 e. The molecule has 0 unspecified atom stereocenters. The zero-order valence-electron chi connectivity index (χ0n) is 12.3. The van der Waals surface area contributed by atoms with Crippen molar-refractivity contribution in [3.63, 3.8) is 0 Å². The fourth-order valence-corrected chi connectivity index (χ4v) is 1.04. The van der Waals surface area contributed by atoms with Gasteiger partial charge in [0.2, 0.25) is 0 Å². The number of carbonyl (C=O) groups is 2. The van der Waals surface area contributed by atoms with Crippen LogP contribution in [0.2, 0.25) is 0 Å². The van der Waals surface area contributed by atoms with Gasteiger partial charge in [-0.05, 0) is 25.7 Å². The van der Waals surface area contributed by atoms with Crippen LogP contribution in [0.15, 0.2) is 0 Å². The monoisotopic (exact) mass is 292 g/mol. The summed E-state index contributed by atoms with van der Waals surface area (Å²) in [6.07, 6.45) is 6.07. The Morgan fingerprint density at radius 2 is 1.06 bits per heavy atom. The van der Waals surface area contributed by atoms with Gasteiger partial charge in [-0.25, -0.2) is 0 Å². The molecule has 6 heteroatoms. The number of rotatable bonds is 8. The topological polar surface area (TPSA) is 80.3 Å². The molecular formula is C12H22KNaO4. The molecule has 0 N–H and O–H groups in total. The standard InChI is InChI=1S/2C6H12O2.K.Na/c2*1-2-3-4-5-6(7)8;;/h2*2-5H2,1H3,(H,7,8);;/q;;2*+1/p-2. The summed E-state index contributed by atoms with van der Waals surface area (Å²) in [5.74, 6) is -1.86. The van der Waals surface area contributed by atoms with E-state index in [0.29, 0.717) is 0 Å². The van der Waals surface area contributed by atoms with Crippen molar-refractivity contribution in [3.05, 3.63) is 0 Å². The zero-order valence-corrected chi connectivity index (χ0v) is 17.4. The third-order valence-electron chi connectivity index (χ3n) is 1.97. The Labute approximate surface area is 175 Å². The number of aliphatic carboxylic acids is 2. The minimum absolute atomic E-state index is 0. The van der Waals surface area contributed by atoms with Gasteiger partial charge in [-0.3, -0.25) is 0 Å². The molecule has 0 spiro atoms. The van der Waals surface area contributed by atoms with Crippen LogP contribution in [0.4, 0.5) is 0 Å². The summed E-state index contributed by atoms with van der Waals surface area (Å²) < 4.78 is 0. The number of carbonyl (C=O) groups excluding carboxylic acids is 2. The van der Waals surface area contributed by atoms with Gasteiger partial charge in [0.15, 0.2) is 0 Å². The quantitative estimate of drug-likeness (QED) is 0.330. The van der Waals surface area contributed by atoms with Crippen LogP contribution in [0.3, 0.4) is 0 Å². The Kier molecular flexibility index (Phi) is 36.6. The Balaban J connectivity index is -0.0000000980. The first kappa shape index (κ1) is 27.8. The molecule has 0 bridgehead atoms. The van der Waals surface area contributed by atoms with Crippen molar-refractivity contribution in [2.24, 2.45) is 0 Å². The Morgan fingerprint density at radius 1 is 0.778 bits per heavy atom. The molecule has 0 aliphatic rings. The van der Waals surface area contributed by atoms with E-state index in [-0.39, 0.29) is 93.8 Å². The van der Waals surface area contributed by atoms with Crippen LogP contribution in [0, 0.1) is 0 Å². The second-order valence-corrected chi connectivity index (χ2v) is 3.66. The van der Waals surface area contributed by atoms with Crippen LogP contribution in [-0.4, -0.2) is 11.9 Å². The Morgan fingerprint density at radius 3 is 1.22 bits per heavy atom. The molecule has 0 saturated heterocycles. The van der Waals surface area contributed by atoms with E-state index in [2.05, 4.69) is 0 Å². The molecule has 96 valence electrons. The summed E-state index contributed by atoms with van der Waals surface area (Å²) in [6, 6.07) is 0. The van der Waals surface area contributed by atoms with Crippen molar-refractivity contribution in [2.45, 2.75) is 65.2 Å². The molecule has 0 atom stereocenters. The first-order chi connectivity index (χ1) is 7.54. The van der Waals surface area contributed by atoms with Gasteiger partial charge in [-0.1, -0.05) is 39.5 Å². The average Bonchev–Trinajstić information content (AvgIpc) is 2.18. The van der Waals surface area contributed by atoms with Gasteiger partial charge in [-0.15, -0.1) is 0 Å². The van der Waals surface area contributed by atoms with Gasteiger partial charge in [-0.2, -0.15) is 0 Å². The Bertz CT molecular complexity index is 169. The van der Waals surface area contributed by atoms with Crippen molar-refractivity contribution in [1.82, 2.24) is 0 Å². The van der Waals surface area contributed by atoms with Crippen LogP contribution >= 0.6 is 0 Å². The number of unbranched alkanes of at least 4 members (excludes halogenated alkanes) is 4. The predicted octanol–water partition coefficient (Wildman–Crippen LogP) is -5.36. The fourth-order valence-electron chi connectivity index (χ4n) is 1.04. The molecule has 0 aliphatic carbocycles. The van der Waals surface area contributed by atoms with Crippen LogP contribution < -0.4 is 91.2 Å². The molecule has 0 saturated carbocycles. The second kappa shape index (κ2) is 23.7. The van der Waals surface area contributed by atoms with Gasteiger partial charge >= 0.3 is 80.9 Å². The Hall–Kier alpha value is 1.58. The SMILES string of the molecule is CCCCCC(=O)[O-].CCCCCC(=O)[O-].[K+].[Na+]. The first-order valence-electron chi connectivity index (χ1n) is 5.94. The van der Waals surface area contributed by atoms with E-state index in [1.165, 1.54) is 0 Å². The number of hydrogen-bond donors (Lipinski definition) is 0. The third-order valence-corrected chi connectivity index (χ3v) is 1.97. The minimum Gasteiger partial charge on any atom is -0.550 e. The van der Waals surface area contributed by atoms with Gasteiger partial charge < -0.3 is 19.8 Å². The molecule has 0 radical (unpaired) electrons. The van der Waals surface area contributed by atoms with Gasteiger partial charge in [0.1, 0.15) is 0 Å². The molecule has 0 rings (SSSR count). The van der Waals surface area contributed by atoms with Gasteiger partial charge in [0, 0.05) is 11.9 Å². The molecule has 18 heavy (non-hydrogen) atoms. The van der Waals surface area contributed by atoms with Gasteiger partial charge in [0.25, 0.3) is 0 Å².